The second kappa shape index (κ2) is 10.7. The van der Waals surface area contributed by atoms with Crippen LogP contribution in [0.5, 0.6) is 11.5 Å². The predicted molar refractivity (Wildman–Crippen MR) is 127 cm³/mol. The largest absolute Gasteiger partial charge is 0.493 e. The number of carbonyl (C=O) groups excluding carboxylic acids is 1. The molecule has 3 rings (SSSR count). The van der Waals surface area contributed by atoms with Gasteiger partial charge in [0.15, 0.2) is 16.7 Å². The first-order valence-electron chi connectivity index (χ1n) is 10.3. The van der Waals surface area contributed by atoms with Crippen molar-refractivity contribution in [1.29, 1.82) is 0 Å². The molecular formula is C23H26N2O5S2. The first-order valence-corrected chi connectivity index (χ1v) is 12.6. The van der Waals surface area contributed by atoms with Crippen molar-refractivity contribution in [2.75, 3.05) is 20.3 Å². The summed E-state index contributed by atoms with van der Waals surface area (Å²) in [5.74, 6) is 0.919. The maximum absolute atomic E-state index is 12.9. The average Bonchev–Trinajstić information content (AvgIpc) is 3.07. The fourth-order valence-corrected chi connectivity index (χ4v) is 5.24. The normalized spacial score (nSPS) is 16.7. The molecule has 2 aromatic rings. The van der Waals surface area contributed by atoms with Gasteiger partial charge in [-0.3, -0.25) is 9.69 Å². The molecule has 0 unspecified atom stereocenters. The maximum atomic E-state index is 12.9. The second-order valence-electron chi connectivity index (χ2n) is 6.93. The van der Waals surface area contributed by atoms with Crippen LogP contribution in [0.15, 0.2) is 62.7 Å². The molecule has 0 N–H and O–H groups in total. The van der Waals surface area contributed by atoms with E-state index in [-0.39, 0.29) is 16.0 Å². The minimum atomic E-state index is -3.93. The van der Waals surface area contributed by atoms with E-state index in [0.29, 0.717) is 29.6 Å². The number of carbonyl (C=O) groups is 1. The highest BCUT2D eigenvalue weighted by atomic mass is 32.2. The smallest absolute Gasteiger partial charge is 0.284 e. The van der Waals surface area contributed by atoms with E-state index in [0.717, 1.165) is 30.2 Å². The van der Waals surface area contributed by atoms with Gasteiger partial charge in [-0.25, -0.2) is 0 Å². The molecule has 170 valence electrons. The lowest BCUT2D eigenvalue weighted by Gasteiger charge is -2.12. The number of hydrogen-bond donors (Lipinski definition) is 0. The van der Waals surface area contributed by atoms with Gasteiger partial charge in [0.1, 0.15) is 0 Å². The third kappa shape index (κ3) is 5.52. The van der Waals surface area contributed by atoms with Crippen molar-refractivity contribution in [2.45, 2.75) is 31.6 Å². The number of sulfonamides is 1. The number of likely N-dealkylation sites (N-methyl/N-ethyl adjacent to an activating group) is 1. The van der Waals surface area contributed by atoms with Gasteiger partial charge >= 0.3 is 0 Å². The van der Waals surface area contributed by atoms with Crippen molar-refractivity contribution in [1.82, 2.24) is 4.90 Å². The number of rotatable bonds is 9. The van der Waals surface area contributed by atoms with Gasteiger partial charge in [-0.1, -0.05) is 37.6 Å². The standard InChI is InChI=1S/C23H26N2O5S2/c1-4-6-14-30-20-15-17(12-13-19(20)29-3)16-21-22(26)25(5-2)23(31-21)24-32(27,28)18-10-8-7-9-11-18/h7-13,15-16H,4-6,14H2,1-3H3/b21-16-,24-23+. The molecule has 2 aromatic carbocycles. The van der Waals surface area contributed by atoms with Gasteiger partial charge in [-0.15, -0.1) is 4.40 Å². The van der Waals surface area contributed by atoms with Gasteiger partial charge in [-0.05, 0) is 61.0 Å². The SMILES string of the molecule is CCCCOc1cc(/C=C2\S/C(=N/S(=O)(=O)c3ccccc3)N(CC)C2=O)ccc1OC. The van der Waals surface area contributed by atoms with Crippen LogP contribution < -0.4 is 9.47 Å². The molecule has 0 aromatic heterocycles. The molecular weight excluding hydrogens is 448 g/mol. The lowest BCUT2D eigenvalue weighted by atomic mass is 10.2. The van der Waals surface area contributed by atoms with Crippen molar-refractivity contribution < 1.29 is 22.7 Å². The van der Waals surface area contributed by atoms with E-state index in [1.807, 2.05) is 12.1 Å². The maximum Gasteiger partial charge on any atom is 0.284 e. The molecule has 0 spiro atoms. The summed E-state index contributed by atoms with van der Waals surface area (Å²) in [4.78, 5) is 14.7. The summed E-state index contributed by atoms with van der Waals surface area (Å²) >= 11 is 1.04. The molecule has 0 radical (unpaired) electrons. The Bertz CT molecular complexity index is 1130. The summed E-state index contributed by atoms with van der Waals surface area (Å²) in [6.45, 7) is 4.73. The number of amides is 1. The molecule has 1 heterocycles. The Balaban J connectivity index is 1.91. The predicted octanol–water partition coefficient (Wildman–Crippen LogP) is 4.56. The Hall–Kier alpha value is -2.78. The molecule has 1 amide bonds. The first-order chi connectivity index (χ1) is 15.4. The van der Waals surface area contributed by atoms with E-state index in [4.69, 9.17) is 9.47 Å². The molecule has 1 saturated heterocycles. The van der Waals surface area contributed by atoms with E-state index >= 15 is 0 Å². The van der Waals surface area contributed by atoms with Crippen LogP contribution in [-0.2, 0) is 14.8 Å². The van der Waals surface area contributed by atoms with Crippen LogP contribution in [0.2, 0.25) is 0 Å². The summed E-state index contributed by atoms with van der Waals surface area (Å²) in [6.07, 6.45) is 3.64. The fourth-order valence-electron chi connectivity index (χ4n) is 2.98. The summed E-state index contributed by atoms with van der Waals surface area (Å²) in [7, 11) is -2.35. The lowest BCUT2D eigenvalue weighted by Crippen LogP contribution is -2.29. The highest BCUT2D eigenvalue weighted by molar-refractivity contribution is 8.19. The third-order valence-electron chi connectivity index (χ3n) is 4.68. The summed E-state index contributed by atoms with van der Waals surface area (Å²) in [6, 6.07) is 13.4. The van der Waals surface area contributed by atoms with Crippen molar-refractivity contribution in [3.63, 3.8) is 0 Å². The van der Waals surface area contributed by atoms with Crippen LogP contribution in [0.3, 0.4) is 0 Å². The van der Waals surface area contributed by atoms with Crippen LogP contribution in [-0.4, -0.2) is 44.7 Å². The molecule has 0 aliphatic carbocycles. The molecule has 0 atom stereocenters. The molecule has 1 fully saturated rings. The number of nitrogens with zero attached hydrogens (tertiary/aromatic N) is 2. The Morgan fingerprint density at radius 1 is 1.09 bits per heavy atom. The van der Waals surface area contributed by atoms with E-state index in [2.05, 4.69) is 11.3 Å². The average molecular weight is 475 g/mol. The van der Waals surface area contributed by atoms with Crippen molar-refractivity contribution in [3.05, 3.63) is 59.0 Å². The van der Waals surface area contributed by atoms with Crippen LogP contribution in [0.1, 0.15) is 32.3 Å². The van der Waals surface area contributed by atoms with Gasteiger partial charge < -0.3 is 9.47 Å². The molecule has 1 aliphatic rings. The number of benzene rings is 2. The number of unbranched alkanes of at least 4 members (excludes halogenated alkanes) is 1. The van der Waals surface area contributed by atoms with Gasteiger partial charge in [0.2, 0.25) is 0 Å². The Labute approximate surface area is 193 Å². The number of methoxy groups -OCH3 is 1. The van der Waals surface area contributed by atoms with Crippen molar-refractivity contribution >= 4 is 38.9 Å². The summed E-state index contributed by atoms with van der Waals surface area (Å²) < 4.78 is 40.5. The topological polar surface area (TPSA) is 85.3 Å². The van der Waals surface area contributed by atoms with Crippen molar-refractivity contribution in [2.24, 2.45) is 4.40 Å². The van der Waals surface area contributed by atoms with Crippen LogP contribution in [0.25, 0.3) is 6.08 Å². The molecule has 7 nitrogen and oxygen atoms in total. The van der Waals surface area contributed by atoms with Gasteiger partial charge in [0.05, 0.1) is 23.5 Å². The number of thioether (sulfide) groups is 1. The first kappa shape index (κ1) is 23.9. The van der Waals surface area contributed by atoms with E-state index in [9.17, 15) is 13.2 Å². The molecule has 0 bridgehead atoms. The number of ether oxygens (including phenoxy) is 2. The highest BCUT2D eigenvalue weighted by Crippen LogP contribution is 2.35. The molecule has 0 saturated carbocycles. The number of hydrogen-bond acceptors (Lipinski definition) is 6. The zero-order valence-corrected chi connectivity index (χ0v) is 19.9. The quantitative estimate of drug-likeness (QED) is 0.391. The van der Waals surface area contributed by atoms with Crippen LogP contribution in [0, 0.1) is 0 Å². The molecule has 32 heavy (non-hydrogen) atoms. The zero-order chi connectivity index (χ0) is 23.1. The lowest BCUT2D eigenvalue weighted by molar-refractivity contribution is -0.122. The summed E-state index contributed by atoms with van der Waals surface area (Å²) in [5.41, 5.74) is 0.747. The van der Waals surface area contributed by atoms with E-state index in [1.54, 1.807) is 44.4 Å². The van der Waals surface area contributed by atoms with Gasteiger partial charge in [0, 0.05) is 6.54 Å². The highest BCUT2D eigenvalue weighted by Gasteiger charge is 2.34. The second-order valence-corrected chi connectivity index (χ2v) is 9.55. The monoisotopic (exact) mass is 474 g/mol. The van der Waals surface area contributed by atoms with Crippen molar-refractivity contribution in [3.8, 4) is 11.5 Å². The molecule has 9 heteroatoms. The number of amidine groups is 1. The van der Waals surface area contributed by atoms with E-state index in [1.165, 1.54) is 17.0 Å². The molecule has 1 aliphatic heterocycles. The van der Waals surface area contributed by atoms with Crippen LogP contribution >= 0.6 is 11.8 Å². The Morgan fingerprint density at radius 3 is 2.50 bits per heavy atom. The van der Waals surface area contributed by atoms with Crippen LogP contribution in [0.4, 0.5) is 0 Å². The fraction of sp³-hybridized carbons (Fsp3) is 0.304. The van der Waals surface area contributed by atoms with E-state index < -0.39 is 10.0 Å². The zero-order valence-electron chi connectivity index (χ0n) is 18.3. The minimum Gasteiger partial charge on any atom is -0.493 e. The third-order valence-corrected chi connectivity index (χ3v) is 7.09. The van der Waals surface area contributed by atoms with Gasteiger partial charge in [0.25, 0.3) is 15.9 Å². The van der Waals surface area contributed by atoms with Gasteiger partial charge in [-0.2, -0.15) is 8.42 Å². The minimum absolute atomic E-state index is 0.0815. The summed E-state index contributed by atoms with van der Waals surface area (Å²) in [5, 5.41) is 0.139. The Morgan fingerprint density at radius 2 is 1.84 bits per heavy atom. The Kier molecular flexibility index (Phi) is 7.98.